The molecule has 0 bridgehead atoms. The molecule has 2 aromatic carbocycles. The summed E-state index contributed by atoms with van der Waals surface area (Å²) in [6, 6.07) is 14.3. The molecular weight excluding hydrogens is 564 g/mol. The monoisotopic (exact) mass is 589 g/mol. The van der Waals surface area contributed by atoms with E-state index in [-0.39, 0.29) is 11.7 Å². The zero-order chi connectivity index (χ0) is 27.9. The van der Waals surface area contributed by atoms with Crippen molar-refractivity contribution in [3.63, 3.8) is 0 Å². The number of pyridine rings is 1. The highest BCUT2D eigenvalue weighted by atomic mass is 35.5. The van der Waals surface area contributed by atoms with Gasteiger partial charge in [-0.2, -0.15) is 0 Å². The molecule has 0 saturated carbocycles. The number of piperazine rings is 1. The van der Waals surface area contributed by atoms with Gasteiger partial charge in [-0.05, 0) is 54.6 Å². The van der Waals surface area contributed by atoms with E-state index in [2.05, 4.69) is 4.90 Å². The van der Waals surface area contributed by atoms with Crippen LogP contribution in [-0.4, -0.2) is 73.0 Å². The molecule has 0 atom stereocenters. The predicted molar refractivity (Wildman–Crippen MR) is 151 cm³/mol. The maximum atomic E-state index is 13.3. The molecule has 1 amide bonds. The van der Waals surface area contributed by atoms with E-state index in [1.165, 1.54) is 35.6 Å². The molecule has 1 aliphatic heterocycles. The van der Waals surface area contributed by atoms with Crippen LogP contribution in [0.4, 0.5) is 10.1 Å². The number of nitrogens with zero attached hydrogens (tertiary/aromatic N) is 5. The molecule has 12 heteroatoms. The normalized spacial score (nSPS) is 14.6. The van der Waals surface area contributed by atoms with Gasteiger partial charge in [-0.25, -0.2) is 17.8 Å². The molecule has 0 aliphatic carbocycles. The number of sulfonamides is 1. The number of imidazole rings is 1. The van der Waals surface area contributed by atoms with E-state index in [1.54, 1.807) is 35.4 Å². The van der Waals surface area contributed by atoms with Crippen molar-refractivity contribution in [3.8, 4) is 11.3 Å². The summed E-state index contributed by atoms with van der Waals surface area (Å²) in [5, 5.41) is 0.961. The Bertz CT molecular complexity index is 1650. The molecule has 1 saturated heterocycles. The Kier molecular flexibility index (Phi) is 7.56. The molecule has 4 aromatic rings. The molecule has 8 nitrogen and oxygen atoms in total. The summed E-state index contributed by atoms with van der Waals surface area (Å²) >= 11 is 12.7. The number of halogens is 3. The van der Waals surface area contributed by atoms with Crippen molar-refractivity contribution < 1.29 is 17.6 Å². The largest absolute Gasteiger partial charge is 0.336 e. The molecule has 1 fully saturated rings. The van der Waals surface area contributed by atoms with Gasteiger partial charge in [0.2, 0.25) is 10.0 Å². The van der Waals surface area contributed by atoms with E-state index in [1.807, 2.05) is 10.5 Å². The number of benzene rings is 2. The molecule has 204 valence electrons. The third-order valence-corrected chi connectivity index (χ3v) is 8.63. The number of amides is 1. The van der Waals surface area contributed by atoms with Gasteiger partial charge in [0.1, 0.15) is 11.5 Å². The van der Waals surface area contributed by atoms with Crippen LogP contribution in [0.5, 0.6) is 0 Å². The fraction of sp³-hybridized carbons (Fsp3) is 0.259. The Hall–Kier alpha value is -3.18. The molecule has 5 rings (SSSR count). The zero-order valence-corrected chi connectivity index (χ0v) is 23.6. The fourth-order valence-corrected chi connectivity index (χ4v) is 5.59. The first kappa shape index (κ1) is 27.4. The first-order valence-electron chi connectivity index (χ1n) is 12.2. The lowest BCUT2D eigenvalue weighted by Crippen LogP contribution is -2.48. The highest BCUT2D eigenvalue weighted by molar-refractivity contribution is 7.92. The van der Waals surface area contributed by atoms with E-state index >= 15 is 0 Å². The topological polar surface area (TPSA) is 78.2 Å². The van der Waals surface area contributed by atoms with Crippen molar-refractivity contribution in [1.82, 2.24) is 19.2 Å². The SMILES string of the molecule is CN(c1ccc2nc(-c3ccc(Cl)cc3Cl)c(CN3CCN(C(=O)c4ccc(F)cc4)CC3)n2c1)S(C)(=O)=O. The Labute approximate surface area is 236 Å². The third-order valence-electron chi connectivity index (χ3n) is 6.87. The number of rotatable bonds is 6. The highest BCUT2D eigenvalue weighted by Crippen LogP contribution is 2.34. The maximum Gasteiger partial charge on any atom is 0.253 e. The van der Waals surface area contributed by atoms with Gasteiger partial charge in [0.25, 0.3) is 5.91 Å². The lowest BCUT2D eigenvalue weighted by molar-refractivity contribution is 0.0627. The van der Waals surface area contributed by atoms with Crippen LogP contribution in [0, 0.1) is 5.82 Å². The maximum absolute atomic E-state index is 13.3. The van der Waals surface area contributed by atoms with Gasteiger partial charge in [0.15, 0.2) is 0 Å². The van der Waals surface area contributed by atoms with E-state index in [4.69, 9.17) is 28.2 Å². The smallest absolute Gasteiger partial charge is 0.253 e. The van der Waals surface area contributed by atoms with Crippen LogP contribution in [0.2, 0.25) is 10.0 Å². The average molecular weight is 591 g/mol. The summed E-state index contributed by atoms with van der Waals surface area (Å²) in [5.74, 6) is -0.515. The predicted octanol–water partition coefficient (Wildman–Crippen LogP) is 4.80. The van der Waals surface area contributed by atoms with Crippen molar-refractivity contribution in [1.29, 1.82) is 0 Å². The molecule has 2 aromatic heterocycles. The number of hydrogen-bond donors (Lipinski definition) is 0. The van der Waals surface area contributed by atoms with Gasteiger partial charge in [-0.3, -0.25) is 18.4 Å². The van der Waals surface area contributed by atoms with Crippen LogP contribution < -0.4 is 4.31 Å². The van der Waals surface area contributed by atoms with Crippen molar-refractivity contribution in [2.45, 2.75) is 6.54 Å². The van der Waals surface area contributed by atoms with Crippen molar-refractivity contribution >= 4 is 50.5 Å². The first-order chi connectivity index (χ1) is 18.5. The van der Waals surface area contributed by atoms with Gasteiger partial charge in [-0.15, -0.1) is 0 Å². The summed E-state index contributed by atoms with van der Waals surface area (Å²) in [4.78, 5) is 21.7. The lowest BCUT2D eigenvalue weighted by atomic mass is 10.1. The van der Waals surface area contributed by atoms with Gasteiger partial charge in [0.05, 0.1) is 28.4 Å². The molecule has 0 N–H and O–H groups in total. The van der Waals surface area contributed by atoms with Crippen molar-refractivity contribution in [3.05, 3.63) is 87.9 Å². The minimum absolute atomic E-state index is 0.133. The minimum atomic E-state index is -3.47. The van der Waals surface area contributed by atoms with Crippen LogP contribution >= 0.6 is 23.2 Å². The van der Waals surface area contributed by atoms with Crippen LogP contribution in [0.25, 0.3) is 16.9 Å². The Balaban J connectivity index is 1.46. The second-order valence-electron chi connectivity index (χ2n) is 9.45. The lowest BCUT2D eigenvalue weighted by Gasteiger charge is -2.34. The van der Waals surface area contributed by atoms with E-state index in [0.717, 1.165) is 11.9 Å². The highest BCUT2D eigenvalue weighted by Gasteiger charge is 2.25. The average Bonchev–Trinajstić information content (AvgIpc) is 3.25. The summed E-state index contributed by atoms with van der Waals surface area (Å²) in [6.07, 6.45) is 2.90. The number of hydrogen-bond acceptors (Lipinski definition) is 5. The van der Waals surface area contributed by atoms with Crippen LogP contribution in [0.3, 0.4) is 0 Å². The number of fused-ring (bicyclic) bond motifs is 1. The van der Waals surface area contributed by atoms with Gasteiger partial charge >= 0.3 is 0 Å². The van der Waals surface area contributed by atoms with Crippen LogP contribution in [-0.2, 0) is 16.6 Å². The molecular formula is C27H26Cl2FN5O3S. The van der Waals surface area contributed by atoms with E-state index < -0.39 is 10.0 Å². The molecule has 0 unspecified atom stereocenters. The van der Waals surface area contributed by atoms with Crippen molar-refractivity contribution in [2.75, 3.05) is 43.8 Å². The van der Waals surface area contributed by atoms with Gasteiger partial charge < -0.3 is 4.90 Å². The minimum Gasteiger partial charge on any atom is -0.336 e. The number of aromatic nitrogens is 2. The summed E-state index contributed by atoms with van der Waals surface area (Å²) in [7, 11) is -1.96. The quantitative estimate of drug-likeness (QED) is 0.323. The van der Waals surface area contributed by atoms with E-state index in [9.17, 15) is 17.6 Å². The molecule has 1 aliphatic rings. The summed E-state index contributed by atoms with van der Waals surface area (Å²) < 4.78 is 40.8. The van der Waals surface area contributed by atoms with Crippen molar-refractivity contribution in [2.24, 2.45) is 0 Å². The molecule has 0 radical (unpaired) electrons. The summed E-state index contributed by atoms with van der Waals surface area (Å²) in [6.45, 7) is 2.71. The number of carbonyl (C=O) groups is 1. The summed E-state index contributed by atoms with van der Waals surface area (Å²) in [5.41, 5.74) is 3.79. The standard InChI is InChI=1S/C27H26Cl2FN5O3S/c1-32(39(2,37)38)21-8-10-25-31-26(22-9-5-19(28)15-23(22)29)24(35(25)16-21)17-33-11-13-34(14-12-33)27(36)18-3-6-20(30)7-4-18/h3-10,15-16H,11-14,17H2,1-2H3. The number of carbonyl (C=O) groups excluding carboxylic acids is 1. The third kappa shape index (κ3) is 5.74. The zero-order valence-electron chi connectivity index (χ0n) is 21.3. The first-order valence-corrected chi connectivity index (χ1v) is 14.8. The second-order valence-corrected chi connectivity index (χ2v) is 12.3. The molecule has 3 heterocycles. The number of anilines is 1. The fourth-order valence-electron chi connectivity index (χ4n) is 4.60. The second kappa shape index (κ2) is 10.8. The van der Waals surface area contributed by atoms with Crippen LogP contribution in [0.15, 0.2) is 60.8 Å². The van der Waals surface area contributed by atoms with Gasteiger partial charge in [-0.1, -0.05) is 23.2 Å². The Morgan fingerprint density at radius 2 is 1.72 bits per heavy atom. The molecule has 39 heavy (non-hydrogen) atoms. The molecule has 0 spiro atoms. The van der Waals surface area contributed by atoms with Gasteiger partial charge in [0, 0.05) is 62.1 Å². The van der Waals surface area contributed by atoms with E-state index in [0.29, 0.717) is 70.9 Å². The Morgan fingerprint density at radius 3 is 2.36 bits per heavy atom. The Morgan fingerprint density at radius 1 is 1.03 bits per heavy atom. The van der Waals surface area contributed by atoms with Crippen LogP contribution in [0.1, 0.15) is 16.1 Å².